The Bertz CT molecular complexity index is 110. The molecule has 1 N–H and O–H groups in total. The molecule has 1 radical (unpaired) electrons. The van der Waals surface area contributed by atoms with E-state index in [4.69, 9.17) is 0 Å². The summed E-state index contributed by atoms with van der Waals surface area (Å²) in [6.07, 6.45) is 3.70. The number of nitrogens with one attached hydrogen (secondary N) is 1. The van der Waals surface area contributed by atoms with Crippen LogP contribution in [0.5, 0.6) is 0 Å². The normalized spacial score (nSPS) is 35.1. The van der Waals surface area contributed by atoms with E-state index in [0.29, 0.717) is 0 Å². The van der Waals surface area contributed by atoms with Crippen LogP contribution in [-0.4, -0.2) is 36.6 Å². The van der Waals surface area contributed by atoms with Crippen LogP contribution >= 0.6 is 0 Å². The Morgan fingerprint density at radius 1 is 1.60 bits per heavy atom. The largest absolute Gasteiger partial charge is 0.314 e. The molecule has 2 fully saturated rings. The first-order valence-electron chi connectivity index (χ1n) is 4.21. The van der Waals surface area contributed by atoms with Gasteiger partial charge >= 0.3 is 0 Å². The number of nitrogens with zero attached hydrogens (tertiary/aromatic N) is 1. The molecule has 0 bridgehead atoms. The summed E-state index contributed by atoms with van der Waals surface area (Å²) in [5.41, 5.74) is 0. The van der Waals surface area contributed by atoms with Gasteiger partial charge in [0.25, 0.3) is 0 Å². The third-order valence-corrected chi connectivity index (χ3v) is 2.66. The number of rotatable bonds is 2. The van der Waals surface area contributed by atoms with Gasteiger partial charge in [-0.25, -0.2) is 0 Å². The van der Waals surface area contributed by atoms with Crippen molar-refractivity contribution in [1.82, 2.24) is 10.2 Å². The van der Waals surface area contributed by atoms with Gasteiger partial charge in [0.2, 0.25) is 0 Å². The van der Waals surface area contributed by atoms with Gasteiger partial charge in [0.15, 0.2) is 0 Å². The van der Waals surface area contributed by atoms with Crippen LogP contribution in [0, 0.1) is 6.42 Å². The fourth-order valence-electron chi connectivity index (χ4n) is 1.71. The van der Waals surface area contributed by atoms with Gasteiger partial charge in [-0.15, -0.1) is 0 Å². The summed E-state index contributed by atoms with van der Waals surface area (Å²) in [5, 5.41) is 3.30. The van der Waals surface area contributed by atoms with Crippen LogP contribution in [0.3, 0.4) is 0 Å². The Hall–Kier alpha value is -0.0800. The highest BCUT2D eigenvalue weighted by atomic mass is 15.3. The molecule has 0 aromatic heterocycles. The van der Waals surface area contributed by atoms with Gasteiger partial charge in [-0.2, -0.15) is 0 Å². The van der Waals surface area contributed by atoms with Crippen molar-refractivity contribution in [1.29, 1.82) is 0 Å². The lowest BCUT2D eigenvalue weighted by Crippen LogP contribution is -2.64. The predicted molar refractivity (Wildman–Crippen MR) is 41.7 cm³/mol. The van der Waals surface area contributed by atoms with Crippen LogP contribution in [0.15, 0.2) is 0 Å². The Labute approximate surface area is 62.6 Å². The van der Waals surface area contributed by atoms with Crippen LogP contribution in [0.4, 0.5) is 0 Å². The highest BCUT2D eigenvalue weighted by Gasteiger charge is 2.35. The van der Waals surface area contributed by atoms with Gasteiger partial charge in [0, 0.05) is 31.7 Å². The zero-order chi connectivity index (χ0) is 6.97. The minimum Gasteiger partial charge on any atom is -0.314 e. The molecule has 2 heteroatoms. The average Bonchev–Trinajstić information content (AvgIpc) is 1.77. The molecule has 0 aromatic carbocycles. The maximum Gasteiger partial charge on any atom is 0.0348 e. The monoisotopic (exact) mass is 139 g/mol. The van der Waals surface area contributed by atoms with E-state index in [2.05, 4.69) is 23.6 Å². The zero-order valence-electron chi connectivity index (χ0n) is 6.51. The van der Waals surface area contributed by atoms with E-state index in [-0.39, 0.29) is 0 Å². The number of likely N-dealkylation sites (tertiary alicyclic amines) is 1. The second-order valence-electron chi connectivity index (χ2n) is 3.22. The van der Waals surface area contributed by atoms with E-state index >= 15 is 0 Å². The molecular weight excluding hydrogens is 124 g/mol. The third kappa shape index (κ3) is 0.867. The van der Waals surface area contributed by atoms with Gasteiger partial charge in [0.05, 0.1) is 0 Å². The highest BCUT2D eigenvalue weighted by Crippen LogP contribution is 2.23. The first kappa shape index (κ1) is 6.62. The Balaban J connectivity index is 1.81. The first-order chi connectivity index (χ1) is 4.92. The molecule has 2 saturated heterocycles. The molecule has 1 atom stereocenters. The molecule has 0 aliphatic carbocycles. The SMILES string of the molecule is CCC1[CH]CN1C1CNC1. The second-order valence-corrected chi connectivity index (χ2v) is 3.22. The van der Waals surface area contributed by atoms with E-state index < -0.39 is 0 Å². The molecule has 0 saturated carbocycles. The van der Waals surface area contributed by atoms with Crippen LogP contribution in [0.1, 0.15) is 13.3 Å². The number of hydrogen-bond acceptors (Lipinski definition) is 2. The number of hydrogen-bond donors (Lipinski definition) is 1. The minimum absolute atomic E-state index is 0.798. The Morgan fingerprint density at radius 3 is 2.70 bits per heavy atom. The lowest BCUT2D eigenvalue weighted by atomic mass is 9.95. The van der Waals surface area contributed by atoms with Gasteiger partial charge in [-0.3, -0.25) is 4.90 Å². The fourth-order valence-corrected chi connectivity index (χ4v) is 1.71. The van der Waals surface area contributed by atoms with Crippen molar-refractivity contribution < 1.29 is 0 Å². The van der Waals surface area contributed by atoms with Crippen molar-refractivity contribution in [3.8, 4) is 0 Å². The molecule has 0 amide bonds. The lowest BCUT2D eigenvalue weighted by molar-refractivity contribution is 0.0615. The van der Waals surface area contributed by atoms with Crippen LogP contribution in [0.2, 0.25) is 0 Å². The molecule has 2 aliphatic rings. The minimum atomic E-state index is 0.798. The van der Waals surface area contributed by atoms with Crippen molar-refractivity contribution in [2.24, 2.45) is 0 Å². The fraction of sp³-hybridized carbons (Fsp3) is 0.875. The Kier molecular flexibility index (Phi) is 1.66. The smallest absolute Gasteiger partial charge is 0.0348 e. The highest BCUT2D eigenvalue weighted by molar-refractivity contribution is 5.03. The summed E-state index contributed by atoms with van der Waals surface area (Å²) in [4.78, 5) is 2.59. The summed E-state index contributed by atoms with van der Waals surface area (Å²) in [6.45, 7) is 5.92. The van der Waals surface area contributed by atoms with Gasteiger partial charge in [-0.05, 0) is 12.8 Å². The molecule has 57 valence electrons. The molecule has 10 heavy (non-hydrogen) atoms. The van der Waals surface area contributed by atoms with Crippen molar-refractivity contribution in [3.05, 3.63) is 6.42 Å². The van der Waals surface area contributed by atoms with Crippen molar-refractivity contribution in [2.75, 3.05) is 19.6 Å². The first-order valence-corrected chi connectivity index (χ1v) is 4.21. The van der Waals surface area contributed by atoms with Crippen LogP contribution in [0.25, 0.3) is 0 Å². The Morgan fingerprint density at radius 2 is 2.40 bits per heavy atom. The zero-order valence-corrected chi connectivity index (χ0v) is 6.51. The van der Waals surface area contributed by atoms with E-state index in [9.17, 15) is 0 Å². The maximum atomic E-state index is 3.30. The third-order valence-electron chi connectivity index (χ3n) is 2.66. The standard InChI is InChI=1S/C8H15N2/c1-2-7-3-4-10(7)8-5-9-6-8/h3,7-9H,2,4-6H2,1H3. The van der Waals surface area contributed by atoms with Crippen LogP contribution in [-0.2, 0) is 0 Å². The molecule has 2 aliphatic heterocycles. The van der Waals surface area contributed by atoms with E-state index in [1.807, 2.05) is 0 Å². The van der Waals surface area contributed by atoms with E-state index in [1.54, 1.807) is 0 Å². The van der Waals surface area contributed by atoms with Crippen molar-refractivity contribution >= 4 is 0 Å². The molecule has 2 nitrogen and oxygen atoms in total. The predicted octanol–water partition coefficient (Wildman–Crippen LogP) is 0.257. The summed E-state index contributed by atoms with van der Waals surface area (Å²) < 4.78 is 0. The molecule has 0 aromatic rings. The average molecular weight is 139 g/mol. The summed E-state index contributed by atoms with van der Waals surface area (Å²) in [5.74, 6) is 0. The van der Waals surface area contributed by atoms with Crippen molar-refractivity contribution in [3.63, 3.8) is 0 Å². The van der Waals surface area contributed by atoms with Gasteiger partial charge < -0.3 is 5.32 Å². The maximum absolute atomic E-state index is 3.30. The topological polar surface area (TPSA) is 15.3 Å². The molecule has 2 rings (SSSR count). The van der Waals surface area contributed by atoms with Gasteiger partial charge in [-0.1, -0.05) is 6.92 Å². The quantitative estimate of drug-likeness (QED) is 0.590. The van der Waals surface area contributed by atoms with Crippen molar-refractivity contribution in [2.45, 2.75) is 25.4 Å². The molecule has 1 unspecified atom stereocenters. The van der Waals surface area contributed by atoms with Crippen LogP contribution < -0.4 is 5.32 Å². The molecule has 2 heterocycles. The molecular formula is C8H15N2. The summed E-state index contributed by atoms with van der Waals surface area (Å²) in [7, 11) is 0. The second kappa shape index (κ2) is 2.51. The van der Waals surface area contributed by atoms with Gasteiger partial charge in [0.1, 0.15) is 0 Å². The summed E-state index contributed by atoms with van der Waals surface area (Å²) in [6, 6.07) is 1.65. The summed E-state index contributed by atoms with van der Waals surface area (Å²) >= 11 is 0. The van der Waals surface area contributed by atoms with E-state index in [0.717, 1.165) is 12.1 Å². The van der Waals surface area contributed by atoms with E-state index in [1.165, 1.54) is 26.1 Å². The lowest BCUT2D eigenvalue weighted by Gasteiger charge is -2.49. The molecule has 0 spiro atoms.